The van der Waals surface area contributed by atoms with Gasteiger partial charge in [-0.2, -0.15) is 0 Å². The van der Waals surface area contributed by atoms with Crippen LogP contribution in [0.3, 0.4) is 0 Å². The van der Waals surface area contributed by atoms with E-state index in [1.807, 2.05) is 6.92 Å². The second-order valence-electron chi connectivity index (χ2n) is 5.70. The van der Waals surface area contributed by atoms with Crippen LogP contribution >= 0.6 is 24.0 Å². The van der Waals surface area contributed by atoms with Crippen molar-refractivity contribution in [3.05, 3.63) is 0 Å². The van der Waals surface area contributed by atoms with Gasteiger partial charge in [0.2, 0.25) is 0 Å². The summed E-state index contributed by atoms with van der Waals surface area (Å²) in [5.74, 6) is 0.936. The number of sulfone groups is 1. The number of guanidine groups is 1. The molecule has 0 saturated heterocycles. The summed E-state index contributed by atoms with van der Waals surface area (Å²) in [6, 6.07) is 0.0802. The molecule has 0 saturated carbocycles. The molecule has 0 amide bonds. The van der Waals surface area contributed by atoms with Crippen LogP contribution < -0.4 is 10.6 Å². The molecular weight excluding hydrogens is 427 g/mol. The Hall–Kier alpha value is -0.0900. The van der Waals surface area contributed by atoms with Crippen molar-refractivity contribution >= 4 is 39.8 Å². The molecule has 0 heterocycles. The number of aliphatic imine (C=N–C) groups is 1. The fourth-order valence-electron chi connectivity index (χ4n) is 2.10. The maximum Gasteiger partial charge on any atom is 0.191 e. The first kappa shape index (κ1) is 25.2. The van der Waals surface area contributed by atoms with E-state index in [-0.39, 0.29) is 35.8 Å². The van der Waals surface area contributed by atoms with E-state index in [0.717, 1.165) is 45.0 Å². The third kappa shape index (κ3) is 15.2. The van der Waals surface area contributed by atoms with Gasteiger partial charge in [0.1, 0.15) is 9.84 Å². The van der Waals surface area contributed by atoms with E-state index in [9.17, 15) is 8.42 Å². The molecule has 1 unspecified atom stereocenters. The molecule has 2 N–H and O–H groups in total. The van der Waals surface area contributed by atoms with E-state index in [4.69, 9.17) is 0 Å². The van der Waals surface area contributed by atoms with E-state index < -0.39 is 9.84 Å². The maximum absolute atomic E-state index is 11.2. The van der Waals surface area contributed by atoms with Gasteiger partial charge >= 0.3 is 0 Å². The van der Waals surface area contributed by atoms with E-state index >= 15 is 0 Å². The van der Waals surface area contributed by atoms with Crippen LogP contribution in [-0.2, 0) is 9.84 Å². The molecule has 0 radical (unpaired) electrons. The standard InChI is InChI=1S/C15H34N4O2S.HI/c1-6-19(7-2)12-9-8-11-17-15(16-4)18-14(3)10-13-22(5,20)21;/h14H,6-13H2,1-5H3,(H2,16,17,18);1H. The summed E-state index contributed by atoms with van der Waals surface area (Å²) in [7, 11) is -1.17. The average Bonchev–Trinajstić information content (AvgIpc) is 2.47. The highest BCUT2D eigenvalue weighted by atomic mass is 127. The van der Waals surface area contributed by atoms with Crippen LogP contribution in [0.15, 0.2) is 4.99 Å². The Balaban J connectivity index is 0. The number of nitrogens with zero attached hydrogens (tertiary/aromatic N) is 2. The Morgan fingerprint density at radius 1 is 1.22 bits per heavy atom. The molecule has 0 spiro atoms. The average molecular weight is 462 g/mol. The van der Waals surface area contributed by atoms with Crippen molar-refractivity contribution in [2.24, 2.45) is 4.99 Å². The Labute approximate surface area is 159 Å². The largest absolute Gasteiger partial charge is 0.356 e. The number of rotatable bonds is 11. The zero-order valence-corrected chi connectivity index (χ0v) is 18.4. The number of nitrogens with one attached hydrogen (secondary N) is 2. The molecule has 0 aromatic heterocycles. The first-order valence-corrected chi connectivity index (χ1v) is 10.3. The molecule has 0 aliphatic heterocycles. The van der Waals surface area contributed by atoms with Gasteiger partial charge < -0.3 is 15.5 Å². The zero-order chi connectivity index (χ0) is 17.0. The molecule has 0 aromatic carbocycles. The first-order valence-electron chi connectivity index (χ1n) is 8.19. The quantitative estimate of drug-likeness (QED) is 0.212. The van der Waals surface area contributed by atoms with Crippen molar-refractivity contribution in [2.75, 3.05) is 45.2 Å². The second-order valence-corrected chi connectivity index (χ2v) is 7.96. The van der Waals surface area contributed by atoms with Crippen molar-refractivity contribution in [1.29, 1.82) is 0 Å². The van der Waals surface area contributed by atoms with Crippen molar-refractivity contribution < 1.29 is 8.42 Å². The Morgan fingerprint density at radius 2 is 1.83 bits per heavy atom. The van der Waals surface area contributed by atoms with Crippen LogP contribution in [-0.4, -0.2) is 70.6 Å². The minimum atomic E-state index is -2.90. The van der Waals surface area contributed by atoms with E-state index in [1.54, 1.807) is 7.05 Å². The van der Waals surface area contributed by atoms with Crippen LogP contribution in [0, 0.1) is 0 Å². The lowest BCUT2D eigenvalue weighted by molar-refractivity contribution is 0.297. The molecule has 6 nitrogen and oxygen atoms in total. The van der Waals surface area contributed by atoms with Gasteiger partial charge in [0, 0.05) is 25.9 Å². The minimum Gasteiger partial charge on any atom is -0.356 e. The van der Waals surface area contributed by atoms with Gasteiger partial charge in [-0.1, -0.05) is 13.8 Å². The molecule has 1 atom stereocenters. The summed E-state index contributed by atoms with van der Waals surface area (Å²) in [5.41, 5.74) is 0. The van der Waals surface area contributed by atoms with Crippen LogP contribution in [0.1, 0.15) is 40.0 Å². The van der Waals surface area contributed by atoms with Gasteiger partial charge in [0.15, 0.2) is 5.96 Å². The highest BCUT2D eigenvalue weighted by molar-refractivity contribution is 14.0. The Morgan fingerprint density at radius 3 is 2.30 bits per heavy atom. The topological polar surface area (TPSA) is 73.8 Å². The highest BCUT2D eigenvalue weighted by Crippen LogP contribution is 1.96. The van der Waals surface area contributed by atoms with Gasteiger partial charge in [-0.25, -0.2) is 8.42 Å². The molecule has 0 aromatic rings. The Bertz CT molecular complexity index is 412. The summed E-state index contributed by atoms with van der Waals surface area (Å²) in [5, 5.41) is 6.50. The van der Waals surface area contributed by atoms with Crippen molar-refractivity contribution in [3.63, 3.8) is 0 Å². The summed E-state index contributed by atoms with van der Waals surface area (Å²) in [6.07, 6.45) is 4.11. The molecule has 8 heteroatoms. The van der Waals surface area contributed by atoms with E-state index in [2.05, 4.69) is 34.4 Å². The molecule has 0 bridgehead atoms. The predicted molar refractivity (Wildman–Crippen MR) is 111 cm³/mol. The molecule has 140 valence electrons. The van der Waals surface area contributed by atoms with E-state index in [0.29, 0.717) is 6.42 Å². The minimum absolute atomic E-state index is 0. The lowest BCUT2D eigenvalue weighted by Gasteiger charge is -2.19. The van der Waals surface area contributed by atoms with Crippen molar-refractivity contribution in [3.8, 4) is 0 Å². The van der Waals surface area contributed by atoms with Crippen LogP contribution in [0.2, 0.25) is 0 Å². The lowest BCUT2D eigenvalue weighted by atomic mass is 10.2. The molecular formula is C15H35IN4O2S. The van der Waals surface area contributed by atoms with Crippen LogP contribution in [0.4, 0.5) is 0 Å². The van der Waals surface area contributed by atoms with Gasteiger partial charge in [-0.3, -0.25) is 4.99 Å². The summed E-state index contributed by atoms with van der Waals surface area (Å²) < 4.78 is 22.3. The number of hydrogen-bond acceptors (Lipinski definition) is 4. The third-order valence-corrected chi connectivity index (χ3v) is 4.59. The molecule has 0 rings (SSSR count). The predicted octanol–water partition coefficient (Wildman–Crippen LogP) is 1.71. The lowest BCUT2D eigenvalue weighted by Crippen LogP contribution is -2.43. The van der Waals surface area contributed by atoms with E-state index in [1.165, 1.54) is 6.26 Å². The number of halogens is 1. The van der Waals surface area contributed by atoms with Gasteiger partial charge in [-0.05, 0) is 45.8 Å². The highest BCUT2D eigenvalue weighted by Gasteiger charge is 2.09. The maximum atomic E-state index is 11.2. The first-order chi connectivity index (χ1) is 10.3. The van der Waals surface area contributed by atoms with Crippen molar-refractivity contribution in [1.82, 2.24) is 15.5 Å². The van der Waals surface area contributed by atoms with Crippen LogP contribution in [0.5, 0.6) is 0 Å². The molecule has 0 aliphatic rings. The van der Waals surface area contributed by atoms with Gasteiger partial charge in [-0.15, -0.1) is 24.0 Å². The Kier molecular flexibility index (Phi) is 15.6. The SMILES string of the molecule is CCN(CC)CCCCNC(=NC)NC(C)CCS(C)(=O)=O.I. The molecule has 0 aliphatic carbocycles. The fraction of sp³-hybridized carbons (Fsp3) is 0.933. The van der Waals surface area contributed by atoms with Crippen molar-refractivity contribution in [2.45, 2.75) is 46.1 Å². The number of hydrogen-bond donors (Lipinski definition) is 2. The monoisotopic (exact) mass is 462 g/mol. The normalized spacial score (nSPS) is 13.6. The van der Waals surface area contributed by atoms with Gasteiger partial charge in [0.25, 0.3) is 0 Å². The number of unbranched alkanes of at least 4 members (excludes halogenated alkanes) is 1. The molecule has 23 heavy (non-hydrogen) atoms. The molecule has 0 fully saturated rings. The second kappa shape index (κ2) is 14.3. The summed E-state index contributed by atoms with van der Waals surface area (Å²) >= 11 is 0. The summed E-state index contributed by atoms with van der Waals surface area (Å²) in [6.45, 7) is 10.6. The fourth-order valence-corrected chi connectivity index (χ4v) is 2.88. The summed E-state index contributed by atoms with van der Waals surface area (Å²) in [4.78, 5) is 6.59. The van der Waals surface area contributed by atoms with Crippen LogP contribution in [0.25, 0.3) is 0 Å². The smallest absolute Gasteiger partial charge is 0.191 e. The van der Waals surface area contributed by atoms with Gasteiger partial charge in [0.05, 0.1) is 5.75 Å². The third-order valence-electron chi connectivity index (χ3n) is 3.62. The zero-order valence-electron chi connectivity index (χ0n) is 15.3.